The van der Waals surface area contributed by atoms with Crippen molar-refractivity contribution in [3.05, 3.63) is 51.8 Å². The zero-order valence-electron chi connectivity index (χ0n) is 26.0. The van der Waals surface area contributed by atoms with Gasteiger partial charge in [0.05, 0.1) is 0 Å². The van der Waals surface area contributed by atoms with Crippen molar-refractivity contribution >= 4 is 17.6 Å². The Kier molecular flexibility index (Phi) is 12.9. The number of likely N-dealkylation sites (N-methyl/N-ethyl adjacent to an activating group) is 1. The van der Waals surface area contributed by atoms with Crippen molar-refractivity contribution in [2.75, 3.05) is 44.7 Å². The summed E-state index contributed by atoms with van der Waals surface area (Å²) in [7, 11) is 2.22. The third-order valence-electron chi connectivity index (χ3n) is 8.12. The molecule has 2 saturated heterocycles. The molecule has 2 aliphatic heterocycles. The van der Waals surface area contributed by atoms with Gasteiger partial charge in [-0.1, -0.05) is 53.2 Å². The number of thioether (sulfide) groups is 1. The zero-order chi connectivity index (χ0) is 27.4. The van der Waals surface area contributed by atoms with Gasteiger partial charge < -0.3 is 26.7 Å². The molecule has 3 heterocycles. The molecule has 6 nitrogen and oxygen atoms in total. The highest BCUT2D eigenvalue weighted by Crippen LogP contribution is 2.50. The lowest BCUT2D eigenvalue weighted by molar-refractivity contribution is 0.360. The Bertz CT molecular complexity index is 1100. The molecule has 3 aliphatic rings. The third kappa shape index (κ3) is 9.15. The Morgan fingerprint density at radius 1 is 1.07 bits per heavy atom. The fourth-order valence-corrected chi connectivity index (χ4v) is 5.97. The number of pyridine rings is 1. The van der Waals surface area contributed by atoms with Gasteiger partial charge in [0.2, 0.25) is 0 Å². The molecular formula is C32H54FN5OS. The normalized spacial score (nSPS) is 19.1. The van der Waals surface area contributed by atoms with Crippen molar-refractivity contribution < 1.29 is 9.87 Å². The van der Waals surface area contributed by atoms with Gasteiger partial charge in [0.15, 0.2) is 0 Å². The summed E-state index contributed by atoms with van der Waals surface area (Å²) >= 11 is 1.78. The van der Waals surface area contributed by atoms with Crippen LogP contribution in [-0.4, -0.2) is 55.1 Å². The average molecular weight is 576 g/mol. The molecule has 1 atom stereocenters. The van der Waals surface area contributed by atoms with Crippen molar-refractivity contribution in [1.29, 1.82) is 0 Å². The molecule has 1 unspecified atom stereocenters. The lowest BCUT2D eigenvalue weighted by Gasteiger charge is -2.28. The maximum absolute atomic E-state index is 14.1. The zero-order valence-corrected chi connectivity index (χ0v) is 26.8. The highest BCUT2D eigenvalue weighted by molar-refractivity contribution is 7.98. The van der Waals surface area contributed by atoms with E-state index in [1.807, 2.05) is 19.1 Å². The number of hydrogen-bond acceptors (Lipinski definition) is 6. The predicted octanol–water partition coefficient (Wildman–Crippen LogP) is 6.83. The second kappa shape index (κ2) is 15.0. The van der Waals surface area contributed by atoms with E-state index in [1.54, 1.807) is 17.8 Å². The van der Waals surface area contributed by atoms with Crippen LogP contribution in [0.15, 0.2) is 23.2 Å². The molecular weight excluding hydrogens is 521 g/mol. The molecule has 0 radical (unpaired) electrons. The molecule has 2 aromatic rings. The van der Waals surface area contributed by atoms with E-state index in [1.165, 1.54) is 48.2 Å². The molecule has 1 aromatic heterocycles. The van der Waals surface area contributed by atoms with Crippen molar-refractivity contribution in [2.24, 2.45) is 5.41 Å². The fraction of sp³-hybridized carbons (Fsp3) is 0.656. The summed E-state index contributed by atoms with van der Waals surface area (Å²) < 4.78 is 14.1. The maximum atomic E-state index is 14.1. The summed E-state index contributed by atoms with van der Waals surface area (Å²) in [6.45, 7) is 18.5. The van der Waals surface area contributed by atoms with E-state index < -0.39 is 0 Å². The second-order valence-electron chi connectivity index (χ2n) is 12.6. The van der Waals surface area contributed by atoms with Crippen molar-refractivity contribution in [3.8, 4) is 0 Å². The minimum Gasteiger partial charge on any atom is -0.412 e. The number of hydrogen-bond donors (Lipinski definition) is 2. The first-order valence-electron chi connectivity index (χ1n) is 14.7. The molecule has 6 N–H and O–H groups in total. The van der Waals surface area contributed by atoms with Crippen LogP contribution in [0.3, 0.4) is 0 Å². The highest BCUT2D eigenvalue weighted by atomic mass is 32.2. The van der Waals surface area contributed by atoms with E-state index in [9.17, 15) is 4.39 Å². The van der Waals surface area contributed by atoms with Crippen LogP contribution in [0.1, 0.15) is 100 Å². The summed E-state index contributed by atoms with van der Waals surface area (Å²) in [5.74, 6) is 2.54. The van der Waals surface area contributed by atoms with Gasteiger partial charge in [0.25, 0.3) is 0 Å². The Morgan fingerprint density at radius 2 is 1.75 bits per heavy atom. The van der Waals surface area contributed by atoms with Crippen LogP contribution in [0.4, 0.5) is 10.2 Å². The number of nitrogens with zero attached hydrogens (tertiary/aromatic N) is 3. The molecule has 1 saturated carbocycles. The van der Waals surface area contributed by atoms with Crippen LogP contribution in [0.5, 0.6) is 0 Å². The predicted molar refractivity (Wildman–Crippen MR) is 170 cm³/mol. The van der Waals surface area contributed by atoms with E-state index in [0.717, 1.165) is 55.5 Å². The molecule has 0 spiro atoms. The number of halogens is 1. The van der Waals surface area contributed by atoms with Crippen molar-refractivity contribution in [3.63, 3.8) is 0 Å². The smallest absolute Gasteiger partial charge is 0.133 e. The van der Waals surface area contributed by atoms with Crippen LogP contribution >= 0.6 is 11.8 Å². The molecule has 226 valence electrons. The van der Waals surface area contributed by atoms with Crippen LogP contribution in [0.2, 0.25) is 0 Å². The fourth-order valence-electron chi connectivity index (χ4n) is 4.92. The van der Waals surface area contributed by atoms with Crippen LogP contribution in [0, 0.1) is 18.2 Å². The monoisotopic (exact) mass is 575 g/mol. The summed E-state index contributed by atoms with van der Waals surface area (Å²) in [4.78, 5) is 10.4. The summed E-state index contributed by atoms with van der Waals surface area (Å²) in [6.07, 6.45) is 6.09. The molecule has 0 bridgehead atoms. The first-order valence-corrected chi connectivity index (χ1v) is 15.7. The number of aryl methyl sites for hydroxylation is 1. The van der Waals surface area contributed by atoms with Crippen LogP contribution in [-0.2, 0) is 12.2 Å². The average Bonchev–Trinajstić information content (AvgIpc) is 3.77. The molecule has 3 fully saturated rings. The summed E-state index contributed by atoms with van der Waals surface area (Å²) in [5.41, 5.74) is 6.75. The second-order valence-corrected chi connectivity index (χ2v) is 13.5. The van der Waals surface area contributed by atoms with Gasteiger partial charge in [0.1, 0.15) is 16.7 Å². The van der Waals surface area contributed by atoms with Gasteiger partial charge in [-0.15, -0.1) is 11.8 Å². The maximum Gasteiger partial charge on any atom is 0.133 e. The molecule has 40 heavy (non-hydrogen) atoms. The first-order chi connectivity index (χ1) is 18.1. The van der Waals surface area contributed by atoms with E-state index in [2.05, 4.69) is 56.8 Å². The van der Waals surface area contributed by atoms with Gasteiger partial charge in [0, 0.05) is 49.1 Å². The molecule has 1 aromatic carbocycles. The largest absolute Gasteiger partial charge is 0.412 e. The summed E-state index contributed by atoms with van der Waals surface area (Å²) in [6, 6.07) is 6.04. The van der Waals surface area contributed by atoms with Gasteiger partial charge in [-0.2, -0.15) is 0 Å². The molecule has 1 aliphatic carbocycles. The van der Waals surface area contributed by atoms with E-state index >= 15 is 0 Å². The topological polar surface area (TPSA) is 108 Å². The number of rotatable bonds is 7. The van der Waals surface area contributed by atoms with E-state index in [-0.39, 0.29) is 17.4 Å². The number of nitrogens with one attached hydrogen (secondary N) is 1. The quantitative estimate of drug-likeness (QED) is 0.277. The minimum atomic E-state index is -0.118. The van der Waals surface area contributed by atoms with E-state index in [4.69, 9.17) is 4.98 Å². The third-order valence-corrected chi connectivity index (χ3v) is 9.18. The molecule has 5 rings (SSSR count). The Labute approximate surface area is 246 Å². The van der Waals surface area contributed by atoms with Crippen LogP contribution < -0.4 is 16.4 Å². The first kappa shape index (κ1) is 34.5. The van der Waals surface area contributed by atoms with E-state index in [0.29, 0.717) is 22.9 Å². The molecule has 0 amide bonds. The van der Waals surface area contributed by atoms with Gasteiger partial charge in [-0.05, 0) is 80.3 Å². The van der Waals surface area contributed by atoms with Gasteiger partial charge in [-0.25, -0.2) is 9.37 Å². The Hall–Kier alpha value is -1.71. The standard InChI is InChI=1S/C26H35FN4S.C6H14.H3N.H2O/c1-4-20-23(19-8-9-19)25(31-11-5-10-30(3)12-13-31)29-26(24(20)22-15-28-22)32-16-18-7-6-17(2)21(27)14-18;1-5-6(2,3)4;;/h6-7,14,19,22,28H,4-5,8-13,15-16H2,1-3H3;5H2,1-4H3;1H3;1H2. The molecule has 8 heteroatoms. The number of aromatic nitrogens is 1. The summed E-state index contributed by atoms with van der Waals surface area (Å²) in [5, 5.41) is 4.70. The lowest BCUT2D eigenvalue weighted by atomic mass is 9.94. The number of benzene rings is 1. The minimum absolute atomic E-state index is 0. The Morgan fingerprint density at radius 3 is 2.30 bits per heavy atom. The van der Waals surface area contributed by atoms with Gasteiger partial charge in [-0.3, -0.25) is 0 Å². The van der Waals surface area contributed by atoms with Gasteiger partial charge >= 0.3 is 0 Å². The highest BCUT2D eigenvalue weighted by Gasteiger charge is 2.37. The lowest BCUT2D eigenvalue weighted by Crippen LogP contribution is -2.31. The number of anilines is 1. The van der Waals surface area contributed by atoms with Crippen molar-refractivity contribution in [2.45, 2.75) is 96.4 Å². The van der Waals surface area contributed by atoms with Crippen LogP contribution in [0.25, 0.3) is 0 Å². The Balaban J connectivity index is 0.000000635. The SMILES string of the molecule is CCC(C)(C)C.CCc1c(C2CC2)c(N2CCCN(C)CC2)nc(SCc2ccc(C)c(F)c2)c1C1CN1.N.O. The van der Waals surface area contributed by atoms with Crippen molar-refractivity contribution in [1.82, 2.24) is 21.4 Å².